The van der Waals surface area contributed by atoms with Crippen molar-refractivity contribution in [2.75, 3.05) is 11.9 Å². The summed E-state index contributed by atoms with van der Waals surface area (Å²) in [5.41, 5.74) is 3.40. The topological polar surface area (TPSA) is 53.5 Å². The van der Waals surface area contributed by atoms with Crippen LogP contribution in [-0.4, -0.2) is 18.7 Å². The van der Waals surface area contributed by atoms with Crippen LogP contribution in [0.4, 0.5) is 5.69 Å². The predicted molar refractivity (Wildman–Crippen MR) is 79.7 cm³/mol. The summed E-state index contributed by atoms with van der Waals surface area (Å²) < 4.78 is 0. The third kappa shape index (κ3) is 4.56. The summed E-state index contributed by atoms with van der Waals surface area (Å²) in [7, 11) is 0. The van der Waals surface area contributed by atoms with Gasteiger partial charge in [-0.05, 0) is 31.2 Å². The fourth-order valence-electron chi connectivity index (χ4n) is 1.47. The highest BCUT2D eigenvalue weighted by atomic mass is 32.1. The number of carbonyl (C=O) groups is 1. The number of carbonyl (C=O) groups excluding carboxylic acids is 1. The molecule has 1 amide bonds. The van der Waals surface area contributed by atoms with E-state index in [2.05, 4.69) is 15.8 Å². The fourth-order valence-corrected chi connectivity index (χ4v) is 2.22. The number of aryl methyl sites for hydroxylation is 1. The van der Waals surface area contributed by atoms with Gasteiger partial charge in [-0.1, -0.05) is 18.2 Å². The SMILES string of the molecule is Cc1ccc(/C=N\NC(=O)CNc2ccccc2)s1. The molecule has 1 aromatic carbocycles. The van der Waals surface area contributed by atoms with Crippen LogP contribution in [0.3, 0.4) is 0 Å². The molecule has 2 N–H and O–H groups in total. The molecule has 4 nitrogen and oxygen atoms in total. The highest BCUT2D eigenvalue weighted by Crippen LogP contribution is 2.12. The Labute approximate surface area is 116 Å². The third-order valence-corrected chi connectivity index (χ3v) is 3.30. The molecule has 0 atom stereocenters. The van der Waals surface area contributed by atoms with E-state index < -0.39 is 0 Å². The first-order chi connectivity index (χ1) is 9.24. The molecule has 2 aromatic rings. The van der Waals surface area contributed by atoms with Gasteiger partial charge in [0.2, 0.25) is 0 Å². The third-order valence-electron chi connectivity index (χ3n) is 2.37. The number of thiophene rings is 1. The van der Waals surface area contributed by atoms with Gasteiger partial charge in [0.15, 0.2) is 0 Å². The summed E-state index contributed by atoms with van der Waals surface area (Å²) in [5.74, 6) is -0.173. The largest absolute Gasteiger partial charge is 0.376 e. The molecule has 5 heteroatoms. The molecule has 1 aromatic heterocycles. The van der Waals surface area contributed by atoms with Crippen LogP contribution in [0.2, 0.25) is 0 Å². The van der Waals surface area contributed by atoms with Crippen molar-refractivity contribution < 1.29 is 4.79 Å². The first-order valence-electron chi connectivity index (χ1n) is 5.91. The molecule has 19 heavy (non-hydrogen) atoms. The lowest BCUT2D eigenvalue weighted by Gasteiger charge is -2.04. The minimum atomic E-state index is -0.173. The van der Waals surface area contributed by atoms with E-state index in [1.807, 2.05) is 49.4 Å². The molecule has 0 unspecified atom stereocenters. The minimum absolute atomic E-state index is 0.173. The lowest BCUT2D eigenvalue weighted by Crippen LogP contribution is -2.25. The summed E-state index contributed by atoms with van der Waals surface area (Å²) in [6.07, 6.45) is 1.65. The molecule has 0 aliphatic rings. The second-order valence-electron chi connectivity index (χ2n) is 3.96. The highest BCUT2D eigenvalue weighted by molar-refractivity contribution is 7.13. The van der Waals surface area contributed by atoms with E-state index >= 15 is 0 Å². The number of para-hydroxylation sites is 1. The van der Waals surface area contributed by atoms with Crippen LogP contribution in [0.5, 0.6) is 0 Å². The summed E-state index contributed by atoms with van der Waals surface area (Å²) in [5, 5.41) is 6.93. The number of nitrogens with zero attached hydrogens (tertiary/aromatic N) is 1. The Kier molecular flexibility index (Phi) is 4.69. The lowest BCUT2D eigenvalue weighted by atomic mass is 10.3. The molecule has 0 saturated carbocycles. The van der Waals surface area contributed by atoms with Crippen LogP contribution in [0.1, 0.15) is 9.75 Å². The molecule has 0 saturated heterocycles. The van der Waals surface area contributed by atoms with Crippen LogP contribution in [-0.2, 0) is 4.79 Å². The highest BCUT2D eigenvalue weighted by Gasteiger charge is 1.98. The van der Waals surface area contributed by atoms with Crippen LogP contribution in [0.15, 0.2) is 47.6 Å². The van der Waals surface area contributed by atoms with Crippen molar-refractivity contribution in [1.82, 2.24) is 5.43 Å². The number of hydrazone groups is 1. The zero-order chi connectivity index (χ0) is 13.5. The van der Waals surface area contributed by atoms with Gasteiger partial charge in [0.25, 0.3) is 5.91 Å². The number of anilines is 1. The van der Waals surface area contributed by atoms with Crippen LogP contribution >= 0.6 is 11.3 Å². The number of benzene rings is 1. The summed E-state index contributed by atoms with van der Waals surface area (Å²) in [4.78, 5) is 13.8. The van der Waals surface area contributed by atoms with Gasteiger partial charge < -0.3 is 5.32 Å². The summed E-state index contributed by atoms with van der Waals surface area (Å²) >= 11 is 1.63. The van der Waals surface area contributed by atoms with Crippen molar-refractivity contribution in [2.45, 2.75) is 6.92 Å². The fraction of sp³-hybridized carbons (Fsp3) is 0.143. The number of hydrogen-bond donors (Lipinski definition) is 2. The van der Waals surface area contributed by atoms with E-state index in [-0.39, 0.29) is 12.5 Å². The van der Waals surface area contributed by atoms with Crippen molar-refractivity contribution >= 4 is 29.1 Å². The van der Waals surface area contributed by atoms with E-state index in [9.17, 15) is 4.79 Å². The maximum atomic E-state index is 11.5. The second-order valence-corrected chi connectivity index (χ2v) is 5.28. The molecule has 1 heterocycles. The van der Waals surface area contributed by atoms with Gasteiger partial charge in [-0.25, -0.2) is 5.43 Å². The van der Waals surface area contributed by atoms with Gasteiger partial charge in [0, 0.05) is 15.4 Å². The molecule has 98 valence electrons. The van der Waals surface area contributed by atoms with Crippen LogP contribution in [0, 0.1) is 6.92 Å². The van der Waals surface area contributed by atoms with Gasteiger partial charge in [-0.15, -0.1) is 11.3 Å². The van der Waals surface area contributed by atoms with E-state index in [4.69, 9.17) is 0 Å². The zero-order valence-electron chi connectivity index (χ0n) is 10.6. The zero-order valence-corrected chi connectivity index (χ0v) is 11.4. The van der Waals surface area contributed by atoms with E-state index in [0.717, 1.165) is 10.6 Å². The Hall–Kier alpha value is -2.14. The molecule has 0 spiro atoms. The molecule has 0 fully saturated rings. The average molecular weight is 273 g/mol. The standard InChI is InChI=1S/C14H15N3OS/c1-11-7-8-13(19-11)9-16-17-14(18)10-15-12-5-3-2-4-6-12/h2-9,15H,10H2,1H3,(H,17,18)/b16-9-. The van der Waals surface area contributed by atoms with Gasteiger partial charge in [-0.2, -0.15) is 5.10 Å². The molecule has 2 rings (SSSR count). The Bertz CT molecular complexity index is 563. The first kappa shape index (κ1) is 13.3. The Morgan fingerprint density at radius 2 is 2.05 bits per heavy atom. The summed E-state index contributed by atoms with van der Waals surface area (Å²) in [6.45, 7) is 2.23. The molecular weight excluding hydrogens is 258 g/mol. The van der Waals surface area contributed by atoms with E-state index in [1.54, 1.807) is 17.6 Å². The Morgan fingerprint density at radius 1 is 1.26 bits per heavy atom. The maximum absolute atomic E-state index is 11.5. The van der Waals surface area contributed by atoms with Gasteiger partial charge >= 0.3 is 0 Å². The average Bonchev–Trinajstić information content (AvgIpc) is 2.83. The van der Waals surface area contributed by atoms with Crippen molar-refractivity contribution in [2.24, 2.45) is 5.10 Å². The van der Waals surface area contributed by atoms with Gasteiger partial charge in [-0.3, -0.25) is 4.79 Å². The monoisotopic (exact) mass is 273 g/mol. The predicted octanol–water partition coefficient (Wildman–Crippen LogP) is 2.62. The molecule has 0 bridgehead atoms. The second kappa shape index (κ2) is 6.70. The van der Waals surface area contributed by atoms with Crippen LogP contribution < -0.4 is 10.7 Å². The number of amides is 1. The van der Waals surface area contributed by atoms with Crippen molar-refractivity contribution in [1.29, 1.82) is 0 Å². The molecular formula is C14H15N3OS. The smallest absolute Gasteiger partial charge is 0.259 e. The van der Waals surface area contributed by atoms with Crippen molar-refractivity contribution in [3.63, 3.8) is 0 Å². The lowest BCUT2D eigenvalue weighted by molar-refractivity contribution is -0.119. The van der Waals surface area contributed by atoms with Crippen molar-refractivity contribution in [3.8, 4) is 0 Å². The molecule has 0 aliphatic heterocycles. The van der Waals surface area contributed by atoms with Gasteiger partial charge in [0.05, 0.1) is 12.8 Å². The quantitative estimate of drug-likeness (QED) is 0.650. The van der Waals surface area contributed by atoms with Gasteiger partial charge in [0.1, 0.15) is 0 Å². The Balaban J connectivity index is 1.74. The Morgan fingerprint density at radius 3 is 2.74 bits per heavy atom. The number of nitrogens with one attached hydrogen (secondary N) is 2. The minimum Gasteiger partial charge on any atom is -0.376 e. The molecule has 0 radical (unpaired) electrons. The maximum Gasteiger partial charge on any atom is 0.259 e. The number of rotatable bonds is 5. The molecule has 0 aliphatic carbocycles. The normalized spacial score (nSPS) is 10.6. The first-order valence-corrected chi connectivity index (χ1v) is 6.73. The van der Waals surface area contributed by atoms with E-state index in [0.29, 0.717) is 0 Å². The van der Waals surface area contributed by atoms with Crippen molar-refractivity contribution in [3.05, 3.63) is 52.2 Å². The van der Waals surface area contributed by atoms with Crippen LogP contribution in [0.25, 0.3) is 0 Å². The number of hydrogen-bond acceptors (Lipinski definition) is 4. The van der Waals surface area contributed by atoms with E-state index in [1.165, 1.54) is 4.88 Å². The summed E-state index contributed by atoms with van der Waals surface area (Å²) in [6, 6.07) is 13.6.